The van der Waals surface area contributed by atoms with E-state index in [1.165, 1.54) is 32.1 Å². The molecule has 0 heterocycles. The summed E-state index contributed by atoms with van der Waals surface area (Å²) in [5.74, 6) is 0. The van der Waals surface area contributed by atoms with Crippen LogP contribution in [0.3, 0.4) is 0 Å². The van der Waals surface area contributed by atoms with Crippen LogP contribution in [0.5, 0.6) is 0 Å². The Morgan fingerprint density at radius 2 is 2.00 bits per heavy atom. The molecular formula is C16H23BrCl2N2O. The number of nitrogens with zero attached hydrogens (tertiary/aromatic N) is 1. The van der Waals surface area contributed by atoms with E-state index in [4.69, 9.17) is 17.3 Å². The van der Waals surface area contributed by atoms with E-state index in [0.29, 0.717) is 17.3 Å². The van der Waals surface area contributed by atoms with Crippen molar-refractivity contribution in [2.75, 3.05) is 12.3 Å². The number of halogens is 3. The SMILES string of the molecule is CCN(Cc1cc(C(=O)Cl)cc(Br)c1N)C1CCCCC1.Cl. The highest BCUT2D eigenvalue weighted by Gasteiger charge is 2.21. The topological polar surface area (TPSA) is 46.3 Å². The van der Waals surface area contributed by atoms with Crippen LogP contribution in [0.2, 0.25) is 0 Å². The molecule has 1 aliphatic carbocycles. The molecule has 0 radical (unpaired) electrons. The van der Waals surface area contributed by atoms with Gasteiger partial charge in [0.2, 0.25) is 0 Å². The Morgan fingerprint density at radius 3 is 2.55 bits per heavy atom. The van der Waals surface area contributed by atoms with Gasteiger partial charge in [-0.15, -0.1) is 12.4 Å². The minimum Gasteiger partial charge on any atom is -0.398 e. The molecule has 0 amide bonds. The maximum Gasteiger partial charge on any atom is 0.252 e. The molecule has 0 aromatic heterocycles. The van der Waals surface area contributed by atoms with E-state index < -0.39 is 5.24 Å². The Balaban J connectivity index is 0.00000242. The fraction of sp³-hybridized carbons (Fsp3) is 0.562. The molecule has 2 rings (SSSR count). The third-order valence-electron chi connectivity index (χ3n) is 4.31. The summed E-state index contributed by atoms with van der Waals surface area (Å²) in [6, 6.07) is 4.13. The first-order chi connectivity index (χ1) is 10.0. The van der Waals surface area contributed by atoms with Gasteiger partial charge in [0.1, 0.15) is 0 Å². The highest BCUT2D eigenvalue weighted by atomic mass is 79.9. The van der Waals surface area contributed by atoms with Crippen molar-refractivity contribution in [1.82, 2.24) is 4.90 Å². The maximum absolute atomic E-state index is 11.4. The average molecular weight is 410 g/mol. The predicted molar refractivity (Wildman–Crippen MR) is 98.9 cm³/mol. The number of carbonyl (C=O) groups excluding carboxylic acids is 1. The molecular weight excluding hydrogens is 387 g/mol. The van der Waals surface area contributed by atoms with Crippen LogP contribution in [0.25, 0.3) is 0 Å². The summed E-state index contributed by atoms with van der Waals surface area (Å²) >= 11 is 9.02. The molecule has 0 unspecified atom stereocenters. The normalized spacial score (nSPS) is 15.6. The van der Waals surface area contributed by atoms with Crippen LogP contribution in [0, 0.1) is 0 Å². The summed E-state index contributed by atoms with van der Waals surface area (Å²) in [4.78, 5) is 13.9. The van der Waals surface area contributed by atoms with Crippen molar-refractivity contribution in [3.8, 4) is 0 Å². The van der Waals surface area contributed by atoms with Crippen molar-refractivity contribution in [3.63, 3.8) is 0 Å². The van der Waals surface area contributed by atoms with Crippen LogP contribution >= 0.6 is 39.9 Å². The summed E-state index contributed by atoms with van der Waals surface area (Å²) in [6.07, 6.45) is 6.46. The number of carbonyl (C=O) groups is 1. The van der Waals surface area contributed by atoms with Gasteiger partial charge in [0.25, 0.3) is 5.24 Å². The highest BCUT2D eigenvalue weighted by molar-refractivity contribution is 9.10. The second kappa shape index (κ2) is 9.11. The van der Waals surface area contributed by atoms with Crippen molar-refractivity contribution in [2.45, 2.75) is 51.6 Å². The Labute approximate surface area is 152 Å². The lowest BCUT2D eigenvalue weighted by Gasteiger charge is -2.34. The van der Waals surface area contributed by atoms with Crippen molar-refractivity contribution < 1.29 is 4.79 Å². The molecule has 0 spiro atoms. The van der Waals surface area contributed by atoms with Gasteiger partial charge >= 0.3 is 0 Å². The van der Waals surface area contributed by atoms with E-state index in [0.717, 1.165) is 23.1 Å². The maximum atomic E-state index is 11.4. The Kier molecular flexibility index (Phi) is 8.19. The zero-order chi connectivity index (χ0) is 15.4. The fourth-order valence-electron chi connectivity index (χ4n) is 3.08. The van der Waals surface area contributed by atoms with Crippen LogP contribution in [-0.2, 0) is 6.54 Å². The van der Waals surface area contributed by atoms with Gasteiger partial charge in [0.15, 0.2) is 0 Å². The number of benzene rings is 1. The third-order valence-corrected chi connectivity index (χ3v) is 5.19. The van der Waals surface area contributed by atoms with Crippen molar-refractivity contribution in [1.29, 1.82) is 0 Å². The van der Waals surface area contributed by atoms with Crippen molar-refractivity contribution >= 4 is 50.9 Å². The predicted octanol–water partition coefficient (Wildman–Crippen LogP) is 4.99. The largest absolute Gasteiger partial charge is 0.398 e. The minimum absolute atomic E-state index is 0. The summed E-state index contributed by atoms with van der Waals surface area (Å²) in [5, 5.41) is -0.447. The summed E-state index contributed by atoms with van der Waals surface area (Å²) in [6.45, 7) is 3.93. The number of rotatable bonds is 5. The molecule has 0 aliphatic heterocycles. The van der Waals surface area contributed by atoms with Crippen LogP contribution in [0.15, 0.2) is 16.6 Å². The molecule has 124 valence electrons. The van der Waals surface area contributed by atoms with Gasteiger partial charge in [-0.25, -0.2) is 0 Å². The fourth-order valence-corrected chi connectivity index (χ4v) is 3.69. The van der Waals surface area contributed by atoms with E-state index in [1.54, 1.807) is 6.07 Å². The van der Waals surface area contributed by atoms with Gasteiger partial charge in [0.05, 0.1) is 5.69 Å². The second-order valence-corrected chi connectivity index (χ2v) is 6.86. The number of nitrogens with two attached hydrogens (primary N) is 1. The quantitative estimate of drug-likeness (QED) is 0.550. The van der Waals surface area contributed by atoms with Crippen LogP contribution in [-0.4, -0.2) is 22.7 Å². The lowest BCUT2D eigenvalue weighted by molar-refractivity contribution is 0.108. The molecule has 0 bridgehead atoms. The van der Waals surface area contributed by atoms with Gasteiger partial charge < -0.3 is 5.73 Å². The Hall–Kier alpha value is -0.290. The van der Waals surface area contributed by atoms with Crippen LogP contribution < -0.4 is 5.73 Å². The number of nitrogen functional groups attached to an aromatic ring is 1. The first-order valence-electron chi connectivity index (χ1n) is 7.54. The highest BCUT2D eigenvalue weighted by Crippen LogP contribution is 2.30. The second-order valence-electron chi connectivity index (χ2n) is 5.66. The first kappa shape index (κ1) is 19.8. The zero-order valence-electron chi connectivity index (χ0n) is 12.8. The molecule has 6 heteroatoms. The molecule has 2 N–H and O–H groups in total. The number of anilines is 1. The molecule has 1 aromatic rings. The Bertz CT molecular complexity index is 519. The van der Waals surface area contributed by atoms with Crippen LogP contribution in [0.1, 0.15) is 54.9 Å². The van der Waals surface area contributed by atoms with E-state index in [-0.39, 0.29) is 12.4 Å². The summed E-state index contributed by atoms with van der Waals surface area (Å²) in [7, 11) is 0. The van der Waals surface area contributed by atoms with Gasteiger partial charge in [0, 0.05) is 22.6 Å². The molecule has 1 fully saturated rings. The summed E-state index contributed by atoms with van der Waals surface area (Å²) < 4.78 is 0.740. The molecule has 1 aliphatic rings. The third kappa shape index (κ3) is 4.85. The van der Waals surface area contributed by atoms with E-state index in [9.17, 15) is 4.79 Å². The molecule has 1 saturated carbocycles. The summed E-state index contributed by atoms with van der Waals surface area (Å²) in [5.41, 5.74) is 8.32. The molecule has 0 saturated heterocycles. The van der Waals surface area contributed by atoms with Gasteiger partial charge in [-0.05, 0) is 64.6 Å². The minimum atomic E-state index is -0.447. The molecule has 22 heavy (non-hydrogen) atoms. The van der Waals surface area contributed by atoms with Gasteiger partial charge in [-0.2, -0.15) is 0 Å². The standard InChI is InChI=1S/C16H22BrClN2O.ClH/c1-2-20(13-6-4-3-5-7-13)10-12-8-11(16(18)21)9-14(17)15(12)19;/h8-9,13H,2-7,10,19H2,1H3;1H. The van der Waals surface area contributed by atoms with Gasteiger partial charge in [-0.1, -0.05) is 26.2 Å². The smallest absolute Gasteiger partial charge is 0.252 e. The zero-order valence-corrected chi connectivity index (χ0v) is 15.9. The van der Waals surface area contributed by atoms with E-state index in [1.807, 2.05) is 6.07 Å². The molecule has 1 aromatic carbocycles. The first-order valence-corrected chi connectivity index (χ1v) is 8.71. The number of hydrogen-bond donors (Lipinski definition) is 1. The van der Waals surface area contributed by atoms with Crippen LogP contribution in [0.4, 0.5) is 5.69 Å². The lowest BCUT2D eigenvalue weighted by Crippen LogP contribution is -2.36. The average Bonchev–Trinajstić information content (AvgIpc) is 2.49. The van der Waals surface area contributed by atoms with E-state index >= 15 is 0 Å². The van der Waals surface area contributed by atoms with Crippen molar-refractivity contribution in [2.24, 2.45) is 0 Å². The van der Waals surface area contributed by atoms with Crippen molar-refractivity contribution in [3.05, 3.63) is 27.7 Å². The monoisotopic (exact) mass is 408 g/mol. The Morgan fingerprint density at radius 1 is 1.36 bits per heavy atom. The molecule has 3 nitrogen and oxygen atoms in total. The van der Waals surface area contributed by atoms with Gasteiger partial charge in [-0.3, -0.25) is 9.69 Å². The lowest BCUT2D eigenvalue weighted by atomic mass is 9.93. The molecule has 0 atom stereocenters. The van der Waals surface area contributed by atoms with E-state index in [2.05, 4.69) is 27.8 Å². The number of hydrogen-bond acceptors (Lipinski definition) is 3.